The van der Waals surface area contributed by atoms with Crippen molar-refractivity contribution >= 4 is 27.4 Å². The molecule has 2 heterocycles. The van der Waals surface area contributed by atoms with Crippen molar-refractivity contribution in [3.8, 4) is 11.3 Å². The van der Waals surface area contributed by atoms with Gasteiger partial charge in [0.15, 0.2) is 5.49 Å². The molecule has 9 heteroatoms. The maximum absolute atomic E-state index is 12.6. The summed E-state index contributed by atoms with van der Waals surface area (Å²) in [5.74, 6) is -0.513. The maximum atomic E-state index is 12.6. The summed E-state index contributed by atoms with van der Waals surface area (Å²) in [4.78, 5) is 14.8. The zero-order valence-electron chi connectivity index (χ0n) is 16.4. The number of hydroxylamine groups is 2. The Hall–Kier alpha value is -2.62. The number of furan rings is 1. The van der Waals surface area contributed by atoms with Crippen LogP contribution in [0.1, 0.15) is 13.8 Å². The van der Waals surface area contributed by atoms with Crippen LogP contribution in [0.5, 0.6) is 0 Å². The standard InChI is InChI=1S/C20H25N3O5S/c1-14(2)19(20(24)23(25)13-29(26)27)17-12-22(10-9-21-17)16-7-5-15(6-8-16)18-4-3-11-28-18/h3-8,11,13-14,17,19,21,25H,9-10,12H2,1-2H3. The predicted octanol–water partition coefficient (Wildman–Crippen LogP) is 1.85. The Labute approximate surface area is 171 Å². The maximum Gasteiger partial charge on any atom is 0.256 e. The second-order valence-electron chi connectivity index (χ2n) is 7.35. The van der Waals surface area contributed by atoms with Gasteiger partial charge in [0.05, 0.1) is 12.2 Å². The monoisotopic (exact) mass is 419 g/mol. The van der Waals surface area contributed by atoms with Crippen molar-refractivity contribution in [3.63, 3.8) is 0 Å². The van der Waals surface area contributed by atoms with Gasteiger partial charge in [0.2, 0.25) is 10.3 Å². The minimum absolute atomic E-state index is 0.0931. The summed E-state index contributed by atoms with van der Waals surface area (Å²) in [6, 6.07) is 11.5. The molecule has 2 aromatic rings. The van der Waals surface area contributed by atoms with E-state index in [9.17, 15) is 18.4 Å². The Morgan fingerprint density at radius 1 is 1.31 bits per heavy atom. The number of anilines is 1. The van der Waals surface area contributed by atoms with E-state index in [1.807, 2.05) is 50.2 Å². The Balaban J connectivity index is 1.76. The second kappa shape index (κ2) is 9.25. The molecule has 0 aliphatic carbocycles. The summed E-state index contributed by atoms with van der Waals surface area (Å²) in [7, 11) is -2.66. The minimum atomic E-state index is -2.66. The van der Waals surface area contributed by atoms with E-state index in [2.05, 4.69) is 10.2 Å². The molecule has 0 spiro atoms. The van der Waals surface area contributed by atoms with Crippen molar-refractivity contribution in [3.05, 3.63) is 42.7 Å². The topological polar surface area (TPSA) is 103 Å². The summed E-state index contributed by atoms with van der Waals surface area (Å²) in [5, 5.41) is 13.3. The summed E-state index contributed by atoms with van der Waals surface area (Å²) in [6.45, 7) is 5.76. The van der Waals surface area contributed by atoms with Crippen molar-refractivity contribution in [2.75, 3.05) is 24.5 Å². The van der Waals surface area contributed by atoms with Gasteiger partial charge in [0, 0.05) is 36.9 Å². The molecule has 1 amide bonds. The first-order valence-corrected chi connectivity index (χ1v) is 10.6. The van der Waals surface area contributed by atoms with Crippen molar-refractivity contribution in [1.29, 1.82) is 0 Å². The molecule has 0 bridgehead atoms. The van der Waals surface area contributed by atoms with Crippen LogP contribution in [0.4, 0.5) is 5.69 Å². The van der Waals surface area contributed by atoms with E-state index < -0.39 is 22.1 Å². The molecule has 3 rings (SSSR count). The summed E-state index contributed by atoms with van der Waals surface area (Å²) < 4.78 is 27.0. The highest BCUT2D eigenvalue weighted by Gasteiger charge is 2.36. The quantitative estimate of drug-likeness (QED) is 0.418. The number of nitrogens with one attached hydrogen (secondary N) is 1. The fourth-order valence-corrected chi connectivity index (χ4v) is 4.01. The van der Waals surface area contributed by atoms with Gasteiger partial charge in [-0.25, -0.2) is 0 Å². The lowest BCUT2D eigenvalue weighted by Gasteiger charge is -2.40. The van der Waals surface area contributed by atoms with E-state index in [1.165, 1.54) is 0 Å². The zero-order chi connectivity index (χ0) is 21.0. The largest absolute Gasteiger partial charge is 0.464 e. The van der Waals surface area contributed by atoms with Gasteiger partial charge in [0.25, 0.3) is 5.91 Å². The molecule has 156 valence electrons. The van der Waals surface area contributed by atoms with Crippen LogP contribution in [-0.2, 0) is 15.1 Å². The smallest absolute Gasteiger partial charge is 0.256 e. The third-order valence-corrected chi connectivity index (χ3v) is 5.46. The zero-order valence-corrected chi connectivity index (χ0v) is 17.2. The lowest BCUT2D eigenvalue weighted by Crippen LogP contribution is -2.58. The summed E-state index contributed by atoms with van der Waals surface area (Å²) in [5.41, 5.74) is 2.48. The molecular formula is C20H25N3O5S. The average molecular weight is 420 g/mol. The second-order valence-corrected chi connectivity index (χ2v) is 8.08. The minimum Gasteiger partial charge on any atom is -0.464 e. The van der Waals surface area contributed by atoms with E-state index in [0.717, 1.165) is 23.6 Å². The fraction of sp³-hybridized carbons (Fsp3) is 0.400. The number of hydrogen-bond donors (Lipinski definition) is 2. The first kappa shape index (κ1) is 21.1. The highest BCUT2D eigenvalue weighted by atomic mass is 32.2. The molecule has 0 radical (unpaired) electrons. The number of amides is 1. The number of carbonyl (C=O) groups excluding carboxylic acids is 1. The molecule has 1 fully saturated rings. The van der Waals surface area contributed by atoms with E-state index in [-0.39, 0.29) is 17.0 Å². The highest BCUT2D eigenvalue weighted by Crippen LogP contribution is 2.26. The number of benzene rings is 1. The summed E-state index contributed by atoms with van der Waals surface area (Å²) in [6.07, 6.45) is 1.64. The summed E-state index contributed by atoms with van der Waals surface area (Å²) >= 11 is 0. The number of piperazine rings is 1. The Bertz CT molecular complexity index is 947. The molecule has 2 atom stereocenters. The molecule has 1 aliphatic rings. The SMILES string of the molecule is CC(C)C(C(=O)N(O)C=S(=O)=O)C1CN(c2ccc(-c3ccco3)cc2)CCN1. The van der Waals surface area contributed by atoms with Gasteiger partial charge in [0.1, 0.15) is 5.76 Å². The van der Waals surface area contributed by atoms with E-state index in [1.54, 1.807) is 6.26 Å². The van der Waals surface area contributed by atoms with Crippen LogP contribution in [0, 0.1) is 11.8 Å². The first-order chi connectivity index (χ1) is 13.9. The Morgan fingerprint density at radius 2 is 2.03 bits per heavy atom. The van der Waals surface area contributed by atoms with Gasteiger partial charge in [-0.05, 0) is 42.3 Å². The van der Waals surface area contributed by atoms with Crippen molar-refractivity contribution in [2.45, 2.75) is 19.9 Å². The van der Waals surface area contributed by atoms with Crippen LogP contribution in [-0.4, -0.2) is 55.8 Å². The molecule has 8 nitrogen and oxygen atoms in total. The molecule has 0 saturated carbocycles. The third-order valence-electron chi connectivity index (χ3n) is 5.09. The molecule has 2 N–H and O–H groups in total. The molecule has 29 heavy (non-hydrogen) atoms. The van der Waals surface area contributed by atoms with E-state index >= 15 is 0 Å². The third kappa shape index (κ3) is 5.06. The fourth-order valence-electron chi connectivity index (χ4n) is 3.74. The first-order valence-electron chi connectivity index (χ1n) is 9.44. The molecular weight excluding hydrogens is 394 g/mol. The van der Waals surface area contributed by atoms with Crippen LogP contribution < -0.4 is 10.2 Å². The molecule has 1 aromatic heterocycles. The van der Waals surface area contributed by atoms with Gasteiger partial charge in [-0.15, -0.1) is 0 Å². The van der Waals surface area contributed by atoms with Crippen molar-refractivity contribution in [2.24, 2.45) is 11.8 Å². The van der Waals surface area contributed by atoms with Gasteiger partial charge >= 0.3 is 0 Å². The Morgan fingerprint density at radius 3 is 2.62 bits per heavy atom. The predicted molar refractivity (Wildman–Crippen MR) is 110 cm³/mol. The number of hydrogen-bond acceptors (Lipinski definition) is 7. The van der Waals surface area contributed by atoms with Gasteiger partial charge in [-0.2, -0.15) is 13.5 Å². The molecule has 1 aromatic carbocycles. The van der Waals surface area contributed by atoms with Crippen molar-refractivity contribution in [1.82, 2.24) is 10.4 Å². The average Bonchev–Trinajstić information content (AvgIpc) is 3.22. The molecule has 2 unspecified atom stereocenters. The van der Waals surface area contributed by atoms with Crippen LogP contribution in [0.2, 0.25) is 0 Å². The van der Waals surface area contributed by atoms with E-state index in [0.29, 0.717) is 18.6 Å². The van der Waals surface area contributed by atoms with Crippen LogP contribution >= 0.6 is 0 Å². The van der Waals surface area contributed by atoms with Crippen LogP contribution in [0.3, 0.4) is 0 Å². The Kier molecular flexibility index (Phi) is 6.73. The lowest BCUT2D eigenvalue weighted by atomic mass is 9.86. The van der Waals surface area contributed by atoms with Gasteiger partial charge in [-0.3, -0.25) is 10.0 Å². The van der Waals surface area contributed by atoms with Crippen LogP contribution in [0.15, 0.2) is 47.1 Å². The number of carbonyl (C=O) groups is 1. The van der Waals surface area contributed by atoms with E-state index in [4.69, 9.17) is 4.42 Å². The molecule has 1 aliphatic heterocycles. The van der Waals surface area contributed by atoms with Gasteiger partial charge in [-0.1, -0.05) is 13.8 Å². The molecule has 1 saturated heterocycles. The number of nitrogens with zero attached hydrogens (tertiary/aromatic N) is 2. The lowest BCUT2D eigenvalue weighted by molar-refractivity contribution is -0.155. The van der Waals surface area contributed by atoms with Crippen molar-refractivity contribution < 1.29 is 22.8 Å². The van der Waals surface area contributed by atoms with Crippen LogP contribution in [0.25, 0.3) is 11.3 Å². The highest BCUT2D eigenvalue weighted by molar-refractivity contribution is 7.71. The normalized spacial score (nSPS) is 17.8. The number of rotatable bonds is 6. The van der Waals surface area contributed by atoms with Gasteiger partial charge < -0.3 is 14.6 Å².